The third kappa shape index (κ3) is 2.23. The van der Waals surface area contributed by atoms with Crippen LogP contribution in [0.1, 0.15) is 30.4 Å². The average Bonchev–Trinajstić information content (AvgIpc) is 2.88. The number of aliphatic hydroxyl groups excluding tert-OH is 1. The molecule has 1 saturated carbocycles. The van der Waals surface area contributed by atoms with Gasteiger partial charge < -0.3 is 9.84 Å². The highest BCUT2D eigenvalue weighted by atomic mass is 79.9. The Hall–Kier alpha value is -0.540. The molecule has 1 aromatic carbocycles. The lowest BCUT2D eigenvalue weighted by Crippen LogP contribution is -2.15. The van der Waals surface area contributed by atoms with Crippen LogP contribution in [-0.4, -0.2) is 17.8 Å². The molecule has 2 nitrogen and oxygen atoms in total. The van der Waals surface area contributed by atoms with Crippen molar-refractivity contribution in [2.45, 2.75) is 38.2 Å². The van der Waals surface area contributed by atoms with Gasteiger partial charge in [-0.3, -0.25) is 0 Å². The number of fused-ring (bicyclic) bond motifs is 1. The Morgan fingerprint density at radius 3 is 3.00 bits per heavy atom. The Balaban J connectivity index is 1.87. The minimum Gasteiger partial charge on any atom is -0.493 e. The van der Waals surface area contributed by atoms with Crippen LogP contribution in [-0.2, 0) is 12.8 Å². The molecule has 1 aliphatic heterocycles. The van der Waals surface area contributed by atoms with Gasteiger partial charge in [-0.25, -0.2) is 0 Å². The van der Waals surface area contributed by atoms with Crippen molar-refractivity contribution in [3.8, 4) is 5.75 Å². The second-order valence-electron chi connectivity index (χ2n) is 5.11. The highest BCUT2D eigenvalue weighted by Gasteiger charge is 2.27. The first-order valence-corrected chi connectivity index (χ1v) is 7.15. The molecule has 0 bridgehead atoms. The zero-order valence-corrected chi connectivity index (χ0v) is 11.4. The number of benzene rings is 1. The van der Waals surface area contributed by atoms with Gasteiger partial charge in [-0.1, -0.05) is 22.4 Å². The van der Waals surface area contributed by atoms with Gasteiger partial charge in [0.1, 0.15) is 5.75 Å². The summed E-state index contributed by atoms with van der Waals surface area (Å²) in [6.07, 6.45) is 5.09. The molecule has 1 heterocycles. The van der Waals surface area contributed by atoms with Crippen LogP contribution < -0.4 is 4.74 Å². The maximum Gasteiger partial charge on any atom is 0.125 e. The molecular weight excluding hydrogens is 280 g/mol. The molecule has 0 spiro atoms. The number of halogens is 1. The molecule has 2 unspecified atom stereocenters. The molecule has 0 amide bonds. The highest BCUT2D eigenvalue weighted by Crippen LogP contribution is 2.37. The monoisotopic (exact) mass is 296 g/mol. The maximum atomic E-state index is 9.92. The van der Waals surface area contributed by atoms with Crippen molar-refractivity contribution >= 4 is 15.9 Å². The molecule has 0 aromatic heterocycles. The van der Waals surface area contributed by atoms with Crippen molar-refractivity contribution < 1.29 is 9.84 Å². The van der Waals surface area contributed by atoms with Gasteiger partial charge in [0.25, 0.3) is 0 Å². The lowest BCUT2D eigenvalue weighted by molar-refractivity contribution is 0.132. The lowest BCUT2D eigenvalue weighted by Gasteiger charge is -2.16. The lowest BCUT2D eigenvalue weighted by atomic mass is 9.94. The van der Waals surface area contributed by atoms with Gasteiger partial charge in [-0.2, -0.15) is 0 Å². The number of hydrogen-bond donors (Lipinski definition) is 1. The van der Waals surface area contributed by atoms with Gasteiger partial charge in [0, 0.05) is 10.9 Å². The number of rotatable bonds is 2. The van der Waals surface area contributed by atoms with E-state index >= 15 is 0 Å². The molecule has 0 saturated heterocycles. The Bertz CT molecular complexity index is 430. The van der Waals surface area contributed by atoms with Crippen LogP contribution in [0.2, 0.25) is 0 Å². The number of ether oxygens (including phenoxy) is 1. The van der Waals surface area contributed by atoms with E-state index in [1.54, 1.807) is 0 Å². The van der Waals surface area contributed by atoms with Crippen molar-refractivity contribution in [3.05, 3.63) is 27.7 Å². The fourth-order valence-corrected chi connectivity index (χ4v) is 3.59. The van der Waals surface area contributed by atoms with Crippen LogP contribution in [0.25, 0.3) is 0 Å². The SMILES string of the molecule is OC1CCCC1Cc1cc(Br)cc2c1OCC2. The van der Waals surface area contributed by atoms with Gasteiger partial charge in [-0.15, -0.1) is 0 Å². The topological polar surface area (TPSA) is 29.5 Å². The third-order valence-electron chi connectivity index (χ3n) is 3.93. The number of aliphatic hydroxyl groups is 1. The smallest absolute Gasteiger partial charge is 0.125 e. The van der Waals surface area contributed by atoms with E-state index < -0.39 is 0 Å². The van der Waals surface area contributed by atoms with Crippen LogP contribution in [0.15, 0.2) is 16.6 Å². The Morgan fingerprint density at radius 1 is 1.35 bits per heavy atom. The molecule has 2 atom stereocenters. The van der Waals surface area contributed by atoms with E-state index in [-0.39, 0.29) is 6.10 Å². The molecule has 3 rings (SSSR count). The summed E-state index contributed by atoms with van der Waals surface area (Å²) in [6, 6.07) is 4.30. The summed E-state index contributed by atoms with van der Waals surface area (Å²) in [4.78, 5) is 0. The summed E-state index contributed by atoms with van der Waals surface area (Å²) in [5, 5.41) is 9.92. The van der Waals surface area contributed by atoms with Gasteiger partial charge >= 0.3 is 0 Å². The van der Waals surface area contributed by atoms with Crippen molar-refractivity contribution in [3.63, 3.8) is 0 Å². The zero-order valence-electron chi connectivity index (χ0n) is 9.79. The molecule has 1 N–H and O–H groups in total. The molecule has 3 heteroatoms. The first-order chi connectivity index (χ1) is 8.24. The van der Waals surface area contributed by atoms with Crippen LogP contribution >= 0.6 is 15.9 Å². The number of hydrogen-bond acceptors (Lipinski definition) is 2. The van der Waals surface area contributed by atoms with Crippen LogP contribution in [0.3, 0.4) is 0 Å². The summed E-state index contributed by atoms with van der Waals surface area (Å²) >= 11 is 3.56. The molecule has 1 aliphatic carbocycles. The van der Waals surface area contributed by atoms with E-state index in [9.17, 15) is 5.11 Å². The zero-order chi connectivity index (χ0) is 11.8. The predicted octanol–water partition coefficient (Wildman–Crippen LogP) is 3.09. The Morgan fingerprint density at radius 2 is 2.24 bits per heavy atom. The van der Waals surface area contributed by atoms with Crippen LogP contribution in [0.4, 0.5) is 0 Å². The van der Waals surface area contributed by atoms with E-state index in [1.807, 2.05) is 0 Å². The van der Waals surface area contributed by atoms with Crippen LogP contribution in [0.5, 0.6) is 5.75 Å². The predicted molar refractivity (Wildman–Crippen MR) is 70.4 cm³/mol. The normalized spacial score (nSPS) is 26.9. The van der Waals surface area contributed by atoms with Crippen LogP contribution in [0, 0.1) is 5.92 Å². The fourth-order valence-electron chi connectivity index (χ4n) is 3.04. The molecular formula is C14H17BrO2. The van der Waals surface area contributed by atoms with Crippen molar-refractivity contribution in [1.29, 1.82) is 0 Å². The molecule has 17 heavy (non-hydrogen) atoms. The Kier molecular flexibility index (Phi) is 3.14. The summed E-state index contributed by atoms with van der Waals surface area (Å²) in [5.74, 6) is 1.49. The summed E-state index contributed by atoms with van der Waals surface area (Å²) in [5.41, 5.74) is 2.57. The van der Waals surface area contributed by atoms with Gasteiger partial charge in [0.15, 0.2) is 0 Å². The molecule has 1 aromatic rings. The second-order valence-corrected chi connectivity index (χ2v) is 6.03. The third-order valence-corrected chi connectivity index (χ3v) is 4.38. The van der Waals surface area contributed by atoms with E-state index in [2.05, 4.69) is 28.1 Å². The fraction of sp³-hybridized carbons (Fsp3) is 0.571. The minimum absolute atomic E-state index is 0.119. The average molecular weight is 297 g/mol. The quantitative estimate of drug-likeness (QED) is 0.909. The minimum atomic E-state index is -0.119. The van der Waals surface area contributed by atoms with Crippen molar-refractivity contribution in [2.24, 2.45) is 5.92 Å². The van der Waals surface area contributed by atoms with Crippen molar-refractivity contribution in [2.75, 3.05) is 6.61 Å². The first kappa shape index (κ1) is 11.5. The maximum absolute atomic E-state index is 9.92. The highest BCUT2D eigenvalue weighted by molar-refractivity contribution is 9.10. The van der Waals surface area contributed by atoms with E-state index in [1.165, 1.54) is 11.1 Å². The molecule has 2 aliphatic rings. The first-order valence-electron chi connectivity index (χ1n) is 6.36. The molecule has 0 radical (unpaired) electrons. The van der Waals surface area contributed by atoms with Crippen molar-refractivity contribution in [1.82, 2.24) is 0 Å². The Labute approximate surface area is 110 Å². The van der Waals surface area contributed by atoms with Gasteiger partial charge in [-0.05, 0) is 48.4 Å². The second kappa shape index (κ2) is 4.62. The molecule has 1 fully saturated rings. The van der Waals surface area contributed by atoms with Gasteiger partial charge in [0.05, 0.1) is 12.7 Å². The standard InChI is InChI=1S/C14H17BrO2/c15-12-7-10-4-5-17-14(10)11(8-12)6-9-2-1-3-13(9)16/h7-9,13,16H,1-6H2. The largest absolute Gasteiger partial charge is 0.493 e. The summed E-state index contributed by atoms with van der Waals surface area (Å²) in [6.45, 7) is 0.798. The van der Waals surface area contributed by atoms with E-state index in [0.717, 1.165) is 48.9 Å². The van der Waals surface area contributed by atoms with E-state index in [4.69, 9.17) is 4.74 Å². The summed E-state index contributed by atoms with van der Waals surface area (Å²) in [7, 11) is 0. The van der Waals surface area contributed by atoms with Gasteiger partial charge in [0.2, 0.25) is 0 Å². The van der Waals surface area contributed by atoms with E-state index in [0.29, 0.717) is 5.92 Å². The molecule has 92 valence electrons. The summed E-state index contributed by atoms with van der Waals surface area (Å²) < 4.78 is 6.86.